The zero-order chi connectivity index (χ0) is 31.0. The molecule has 0 aliphatic carbocycles. The molecule has 0 atom stereocenters. The minimum Gasteiger partial charge on any atom is -0.466 e. The third-order valence-corrected chi connectivity index (χ3v) is 7.66. The summed E-state index contributed by atoms with van der Waals surface area (Å²) in [5, 5.41) is 15.2. The summed E-state index contributed by atoms with van der Waals surface area (Å²) in [6, 6.07) is 0. The van der Waals surface area contributed by atoms with E-state index in [9.17, 15) is 4.79 Å². The van der Waals surface area contributed by atoms with Crippen molar-refractivity contribution in [1.82, 2.24) is 0 Å². The van der Waals surface area contributed by atoms with Gasteiger partial charge in [-0.3, -0.25) is 4.79 Å². The molecule has 2 N–H and O–H groups in total. The molecule has 0 fully saturated rings. The minimum absolute atomic E-state index is 0.00961. The molecule has 0 aromatic carbocycles. The normalized spacial score (nSPS) is 11.3. The molecule has 0 amide bonds. The quantitative estimate of drug-likeness (QED) is 0.0462. The van der Waals surface area contributed by atoms with Crippen molar-refractivity contribution in [2.24, 2.45) is 0 Å². The highest BCUT2D eigenvalue weighted by Gasteiger charge is 2.02. The summed E-state index contributed by atoms with van der Waals surface area (Å²) >= 11 is 0. The molecular formula is C38H74O4. The van der Waals surface area contributed by atoms with Crippen molar-refractivity contribution >= 4 is 5.97 Å². The van der Waals surface area contributed by atoms with Gasteiger partial charge in [0.25, 0.3) is 0 Å². The predicted molar refractivity (Wildman–Crippen MR) is 184 cm³/mol. The third-order valence-electron chi connectivity index (χ3n) is 7.66. The van der Waals surface area contributed by atoms with Gasteiger partial charge < -0.3 is 14.9 Å². The number of aliphatic hydroxyl groups excluding tert-OH is 2. The van der Waals surface area contributed by atoms with E-state index in [0.29, 0.717) is 13.0 Å². The number of ether oxygens (including phenoxy) is 1. The lowest BCUT2D eigenvalue weighted by Gasteiger charge is -2.05. The summed E-state index contributed by atoms with van der Waals surface area (Å²) in [5.74, 6) is 0.00961. The van der Waals surface area contributed by atoms with Crippen LogP contribution < -0.4 is 0 Å². The number of aliphatic hydroxyl groups is 2. The summed E-state index contributed by atoms with van der Waals surface area (Å²) in [4.78, 5) is 11.9. The van der Waals surface area contributed by atoms with Crippen LogP contribution in [0.2, 0.25) is 0 Å². The van der Waals surface area contributed by atoms with E-state index in [2.05, 4.69) is 38.2 Å². The standard InChI is InChI=1S/C36H68O2.C2H6O2/c1-3-5-7-9-11-13-15-17-19-21-23-25-27-29-31-33-35-38-36(37)34-32-30-28-26-24-22-20-18-16-14-12-10-8-6-4-2;3-1-2-4/h17-20H,3-16,21-35H2,1-2H3;3-4H,1-2H2/b19-17-,20-18-;. The van der Waals surface area contributed by atoms with Gasteiger partial charge in [-0.05, 0) is 64.2 Å². The number of hydrogen-bond acceptors (Lipinski definition) is 4. The molecule has 0 aromatic rings. The van der Waals surface area contributed by atoms with Crippen molar-refractivity contribution in [3.05, 3.63) is 24.3 Å². The van der Waals surface area contributed by atoms with Gasteiger partial charge in [-0.25, -0.2) is 0 Å². The van der Waals surface area contributed by atoms with Crippen LogP contribution in [0.15, 0.2) is 24.3 Å². The van der Waals surface area contributed by atoms with Gasteiger partial charge in [0.05, 0.1) is 19.8 Å². The van der Waals surface area contributed by atoms with Gasteiger partial charge in [-0.1, -0.05) is 147 Å². The molecule has 0 radical (unpaired) electrons. The van der Waals surface area contributed by atoms with E-state index in [1.54, 1.807) is 0 Å². The number of unbranched alkanes of at least 4 members (excludes halogenated alkanes) is 23. The largest absolute Gasteiger partial charge is 0.466 e. The number of esters is 1. The summed E-state index contributed by atoms with van der Waals surface area (Å²) in [7, 11) is 0. The van der Waals surface area contributed by atoms with Gasteiger partial charge >= 0.3 is 5.97 Å². The Morgan fingerprint density at radius 3 is 1.12 bits per heavy atom. The number of carbonyl (C=O) groups is 1. The molecule has 0 aliphatic heterocycles. The molecular weight excluding hydrogens is 520 g/mol. The smallest absolute Gasteiger partial charge is 0.305 e. The van der Waals surface area contributed by atoms with Crippen LogP contribution in [-0.2, 0) is 9.53 Å². The first-order valence-electron chi connectivity index (χ1n) is 18.4. The first-order chi connectivity index (χ1) is 20.7. The molecule has 0 spiro atoms. The average Bonchev–Trinajstić information content (AvgIpc) is 3.00. The molecule has 0 saturated carbocycles. The number of allylic oxidation sites excluding steroid dienone is 4. The van der Waals surface area contributed by atoms with Crippen LogP contribution in [0.1, 0.15) is 194 Å². The predicted octanol–water partition coefficient (Wildman–Crippen LogP) is 11.6. The highest BCUT2D eigenvalue weighted by atomic mass is 16.5. The third kappa shape index (κ3) is 43.3. The Labute approximate surface area is 263 Å². The first-order valence-corrected chi connectivity index (χ1v) is 18.4. The SMILES string of the molecule is CCCCCCCC/C=C\CCCCCCCCOC(=O)CCCCCCC/C=C\CCCCCCCC.OCCO. The Morgan fingerprint density at radius 1 is 0.452 bits per heavy atom. The van der Waals surface area contributed by atoms with Crippen molar-refractivity contribution in [3.63, 3.8) is 0 Å². The molecule has 0 rings (SSSR count). The maximum Gasteiger partial charge on any atom is 0.305 e. The van der Waals surface area contributed by atoms with Crippen LogP contribution >= 0.6 is 0 Å². The zero-order valence-corrected chi connectivity index (χ0v) is 28.4. The maximum absolute atomic E-state index is 11.9. The fourth-order valence-corrected chi connectivity index (χ4v) is 4.95. The topological polar surface area (TPSA) is 66.8 Å². The van der Waals surface area contributed by atoms with E-state index in [-0.39, 0.29) is 19.2 Å². The average molecular weight is 595 g/mol. The van der Waals surface area contributed by atoms with Gasteiger partial charge in [0.1, 0.15) is 0 Å². The summed E-state index contributed by atoms with van der Waals surface area (Å²) < 4.78 is 5.42. The monoisotopic (exact) mass is 595 g/mol. The highest BCUT2D eigenvalue weighted by Crippen LogP contribution is 2.12. The van der Waals surface area contributed by atoms with Gasteiger partial charge in [0, 0.05) is 6.42 Å². The Hall–Kier alpha value is -1.13. The Bertz CT molecular complexity index is 541. The number of hydrogen-bond donors (Lipinski definition) is 2. The fourth-order valence-electron chi connectivity index (χ4n) is 4.95. The van der Waals surface area contributed by atoms with E-state index in [1.165, 1.54) is 154 Å². The Balaban J connectivity index is 0. The second-order valence-corrected chi connectivity index (χ2v) is 11.9. The maximum atomic E-state index is 11.9. The van der Waals surface area contributed by atoms with Crippen LogP contribution in [-0.4, -0.2) is 36.0 Å². The molecule has 0 saturated heterocycles. The summed E-state index contributed by atoms with van der Waals surface area (Å²) in [6.07, 6.45) is 45.2. The van der Waals surface area contributed by atoms with Crippen LogP contribution in [0.3, 0.4) is 0 Å². The number of rotatable bonds is 32. The molecule has 4 nitrogen and oxygen atoms in total. The molecule has 0 unspecified atom stereocenters. The first kappa shape index (κ1) is 43.0. The van der Waals surface area contributed by atoms with Crippen molar-refractivity contribution in [1.29, 1.82) is 0 Å². The van der Waals surface area contributed by atoms with Crippen molar-refractivity contribution in [2.75, 3.05) is 19.8 Å². The van der Waals surface area contributed by atoms with E-state index < -0.39 is 0 Å². The Morgan fingerprint density at radius 2 is 0.762 bits per heavy atom. The minimum atomic E-state index is -0.125. The summed E-state index contributed by atoms with van der Waals surface area (Å²) in [5.41, 5.74) is 0. The van der Waals surface area contributed by atoms with Crippen molar-refractivity contribution in [2.45, 2.75) is 194 Å². The number of carbonyl (C=O) groups excluding carboxylic acids is 1. The van der Waals surface area contributed by atoms with Gasteiger partial charge in [0.2, 0.25) is 0 Å². The van der Waals surface area contributed by atoms with Crippen LogP contribution in [0.5, 0.6) is 0 Å². The molecule has 0 aromatic heterocycles. The van der Waals surface area contributed by atoms with Crippen LogP contribution in [0.4, 0.5) is 0 Å². The molecule has 0 aliphatic rings. The molecule has 0 heterocycles. The van der Waals surface area contributed by atoms with Gasteiger partial charge in [0.15, 0.2) is 0 Å². The van der Waals surface area contributed by atoms with E-state index >= 15 is 0 Å². The Kier molecular flexibility index (Phi) is 43.0. The van der Waals surface area contributed by atoms with E-state index in [4.69, 9.17) is 14.9 Å². The summed E-state index contributed by atoms with van der Waals surface area (Å²) in [6.45, 7) is 4.92. The second-order valence-electron chi connectivity index (χ2n) is 11.9. The fraction of sp³-hybridized carbons (Fsp3) is 0.868. The van der Waals surface area contributed by atoms with Crippen molar-refractivity contribution < 1.29 is 19.7 Å². The van der Waals surface area contributed by atoms with Crippen LogP contribution in [0, 0.1) is 0 Å². The van der Waals surface area contributed by atoms with Crippen molar-refractivity contribution in [3.8, 4) is 0 Å². The molecule has 250 valence electrons. The molecule has 4 heteroatoms. The lowest BCUT2D eigenvalue weighted by Crippen LogP contribution is -2.05. The van der Waals surface area contributed by atoms with Gasteiger partial charge in [-0.2, -0.15) is 0 Å². The lowest BCUT2D eigenvalue weighted by molar-refractivity contribution is -0.143. The molecule has 42 heavy (non-hydrogen) atoms. The lowest BCUT2D eigenvalue weighted by atomic mass is 10.1. The van der Waals surface area contributed by atoms with Gasteiger partial charge in [-0.15, -0.1) is 0 Å². The van der Waals surface area contributed by atoms with Crippen LogP contribution in [0.25, 0.3) is 0 Å². The highest BCUT2D eigenvalue weighted by molar-refractivity contribution is 5.69. The van der Waals surface area contributed by atoms with E-state index in [0.717, 1.165) is 19.3 Å². The van der Waals surface area contributed by atoms with E-state index in [1.807, 2.05) is 0 Å². The molecule has 0 bridgehead atoms. The second kappa shape index (κ2) is 42.0. The zero-order valence-electron chi connectivity index (χ0n) is 28.4.